The van der Waals surface area contributed by atoms with Crippen LogP contribution >= 0.6 is 0 Å². The quantitative estimate of drug-likeness (QED) is 0.801. The minimum absolute atomic E-state index is 0.123. The number of aromatic nitrogens is 2. The van der Waals surface area contributed by atoms with Gasteiger partial charge in [0.1, 0.15) is 5.82 Å². The summed E-state index contributed by atoms with van der Waals surface area (Å²) >= 11 is 0. The molecule has 0 aliphatic rings. The molecule has 0 saturated heterocycles. The predicted molar refractivity (Wildman–Crippen MR) is 84.1 cm³/mol. The highest BCUT2D eigenvalue weighted by Crippen LogP contribution is 2.16. The highest BCUT2D eigenvalue weighted by atomic mass is 19.1. The molecule has 0 aliphatic heterocycles. The molecule has 4 nitrogen and oxygen atoms in total. The van der Waals surface area contributed by atoms with Crippen molar-refractivity contribution in [1.29, 1.82) is 0 Å². The van der Waals surface area contributed by atoms with Gasteiger partial charge in [0.2, 0.25) is 5.91 Å². The second kappa shape index (κ2) is 5.97. The van der Waals surface area contributed by atoms with Gasteiger partial charge >= 0.3 is 0 Å². The normalized spacial score (nSPS) is 10.8. The third-order valence-electron chi connectivity index (χ3n) is 3.48. The van der Waals surface area contributed by atoms with Crippen molar-refractivity contribution in [3.05, 3.63) is 60.0 Å². The third kappa shape index (κ3) is 3.14. The number of nitrogens with zero attached hydrogens (tertiary/aromatic N) is 2. The van der Waals surface area contributed by atoms with Gasteiger partial charge in [0.15, 0.2) is 0 Å². The zero-order chi connectivity index (χ0) is 15.5. The molecule has 3 rings (SSSR count). The van der Waals surface area contributed by atoms with Crippen LogP contribution < -0.4 is 5.32 Å². The molecular formula is C17H16FN3O. The Kier molecular flexibility index (Phi) is 3.87. The fourth-order valence-electron chi connectivity index (χ4n) is 2.35. The number of hydrogen-bond acceptors (Lipinski definition) is 2. The zero-order valence-corrected chi connectivity index (χ0v) is 12.2. The third-order valence-corrected chi connectivity index (χ3v) is 3.48. The average Bonchev–Trinajstić information content (AvgIpc) is 2.89. The van der Waals surface area contributed by atoms with Crippen molar-refractivity contribution < 1.29 is 9.18 Å². The SMILES string of the molecule is Cc1ccc2c(cnn2CCC(=O)Nc2ccc(F)cc2)c1. The summed E-state index contributed by atoms with van der Waals surface area (Å²) in [4.78, 5) is 11.9. The van der Waals surface area contributed by atoms with Crippen LogP contribution in [0, 0.1) is 12.7 Å². The average molecular weight is 297 g/mol. The van der Waals surface area contributed by atoms with Crippen LogP contribution in [0.2, 0.25) is 0 Å². The standard InChI is InChI=1S/C17H16FN3O/c1-12-2-7-16-13(10-12)11-19-21(16)9-8-17(22)20-15-5-3-14(18)4-6-15/h2-7,10-11H,8-9H2,1H3,(H,20,22). The molecule has 0 aliphatic carbocycles. The number of benzene rings is 2. The van der Waals surface area contributed by atoms with Gasteiger partial charge in [0, 0.05) is 17.5 Å². The number of aryl methyl sites for hydroxylation is 2. The number of hydrogen-bond donors (Lipinski definition) is 1. The van der Waals surface area contributed by atoms with Crippen molar-refractivity contribution in [2.24, 2.45) is 0 Å². The molecule has 0 fully saturated rings. The van der Waals surface area contributed by atoms with Crippen LogP contribution in [-0.2, 0) is 11.3 Å². The lowest BCUT2D eigenvalue weighted by molar-refractivity contribution is -0.116. The number of nitrogens with one attached hydrogen (secondary N) is 1. The molecule has 0 atom stereocenters. The molecular weight excluding hydrogens is 281 g/mol. The van der Waals surface area contributed by atoms with E-state index >= 15 is 0 Å². The molecule has 112 valence electrons. The molecule has 0 spiro atoms. The van der Waals surface area contributed by atoms with E-state index in [1.165, 1.54) is 17.7 Å². The molecule has 5 heteroatoms. The summed E-state index contributed by atoms with van der Waals surface area (Å²) in [6.07, 6.45) is 2.11. The van der Waals surface area contributed by atoms with E-state index in [9.17, 15) is 9.18 Å². The first-order valence-electron chi connectivity index (χ1n) is 7.09. The molecule has 0 bridgehead atoms. The van der Waals surface area contributed by atoms with Gasteiger partial charge in [-0.15, -0.1) is 0 Å². The Hall–Kier alpha value is -2.69. The van der Waals surface area contributed by atoms with Gasteiger partial charge in [-0.1, -0.05) is 11.6 Å². The maximum absolute atomic E-state index is 12.8. The Balaban J connectivity index is 1.63. The first-order valence-corrected chi connectivity index (χ1v) is 7.09. The van der Waals surface area contributed by atoms with E-state index in [0.717, 1.165) is 10.9 Å². The number of rotatable bonds is 4. The fraction of sp³-hybridized carbons (Fsp3) is 0.176. The van der Waals surface area contributed by atoms with Crippen LogP contribution in [0.5, 0.6) is 0 Å². The molecule has 0 unspecified atom stereocenters. The molecule has 0 saturated carbocycles. The Labute approximate surface area is 127 Å². The summed E-state index contributed by atoms with van der Waals surface area (Å²) in [5.74, 6) is -0.446. The van der Waals surface area contributed by atoms with Crippen LogP contribution in [-0.4, -0.2) is 15.7 Å². The maximum atomic E-state index is 12.8. The van der Waals surface area contributed by atoms with Crippen molar-refractivity contribution in [2.45, 2.75) is 19.9 Å². The second-order valence-corrected chi connectivity index (χ2v) is 5.24. The van der Waals surface area contributed by atoms with Crippen molar-refractivity contribution in [1.82, 2.24) is 9.78 Å². The van der Waals surface area contributed by atoms with Crippen molar-refractivity contribution in [3.8, 4) is 0 Å². The Morgan fingerprint density at radius 2 is 2.00 bits per heavy atom. The van der Waals surface area contributed by atoms with Crippen LogP contribution in [0.15, 0.2) is 48.7 Å². The monoisotopic (exact) mass is 297 g/mol. The minimum atomic E-state index is -0.323. The van der Waals surface area contributed by atoms with Crippen LogP contribution in [0.25, 0.3) is 10.9 Å². The summed E-state index contributed by atoms with van der Waals surface area (Å²) in [5.41, 5.74) is 2.79. The molecule has 1 amide bonds. The lowest BCUT2D eigenvalue weighted by atomic mass is 10.2. The summed E-state index contributed by atoms with van der Waals surface area (Å²) in [6.45, 7) is 2.53. The molecule has 22 heavy (non-hydrogen) atoms. The van der Waals surface area contributed by atoms with E-state index in [1.54, 1.807) is 18.3 Å². The van der Waals surface area contributed by atoms with E-state index < -0.39 is 0 Å². The van der Waals surface area contributed by atoms with E-state index in [1.807, 2.05) is 23.7 Å². The molecule has 3 aromatic rings. The second-order valence-electron chi connectivity index (χ2n) is 5.24. The Morgan fingerprint density at radius 3 is 2.77 bits per heavy atom. The first kappa shape index (κ1) is 14.3. The van der Waals surface area contributed by atoms with Gasteiger partial charge in [-0.2, -0.15) is 5.10 Å². The summed E-state index contributed by atoms with van der Waals surface area (Å²) in [7, 11) is 0. The predicted octanol–water partition coefficient (Wildman–Crippen LogP) is 3.51. The highest BCUT2D eigenvalue weighted by molar-refractivity contribution is 5.90. The van der Waals surface area contributed by atoms with Crippen LogP contribution in [0.4, 0.5) is 10.1 Å². The number of halogens is 1. The number of carbonyl (C=O) groups excluding carboxylic acids is 1. The van der Waals surface area contributed by atoms with E-state index in [2.05, 4.69) is 16.5 Å². The smallest absolute Gasteiger partial charge is 0.226 e. The maximum Gasteiger partial charge on any atom is 0.226 e. The van der Waals surface area contributed by atoms with Gasteiger partial charge < -0.3 is 5.32 Å². The topological polar surface area (TPSA) is 46.9 Å². The van der Waals surface area contributed by atoms with Crippen molar-refractivity contribution in [3.63, 3.8) is 0 Å². The summed E-state index contributed by atoms with van der Waals surface area (Å²) in [5, 5.41) is 8.12. The van der Waals surface area contributed by atoms with Gasteiger partial charge in [0.05, 0.1) is 18.3 Å². The lowest BCUT2D eigenvalue weighted by Gasteiger charge is -2.06. The minimum Gasteiger partial charge on any atom is -0.326 e. The molecule has 2 aromatic carbocycles. The van der Waals surface area contributed by atoms with E-state index in [-0.39, 0.29) is 11.7 Å². The van der Waals surface area contributed by atoms with Crippen LogP contribution in [0.3, 0.4) is 0 Å². The molecule has 1 N–H and O–H groups in total. The van der Waals surface area contributed by atoms with E-state index in [0.29, 0.717) is 18.7 Å². The fourth-order valence-corrected chi connectivity index (χ4v) is 2.35. The van der Waals surface area contributed by atoms with Gasteiger partial charge in [-0.05, 0) is 43.3 Å². The van der Waals surface area contributed by atoms with Gasteiger partial charge in [-0.3, -0.25) is 9.48 Å². The van der Waals surface area contributed by atoms with Crippen molar-refractivity contribution in [2.75, 3.05) is 5.32 Å². The largest absolute Gasteiger partial charge is 0.326 e. The number of fused-ring (bicyclic) bond motifs is 1. The number of amides is 1. The molecule has 1 aromatic heterocycles. The highest BCUT2D eigenvalue weighted by Gasteiger charge is 2.06. The van der Waals surface area contributed by atoms with Gasteiger partial charge in [-0.25, -0.2) is 4.39 Å². The number of carbonyl (C=O) groups is 1. The zero-order valence-electron chi connectivity index (χ0n) is 12.2. The summed E-state index contributed by atoms with van der Waals surface area (Å²) in [6, 6.07) is 11.8. The summed E-state index contributed by atoms with van der Waals surface area (Å²) < 4.78 is 14.6. The van der Waals surface area contributed by atoms with E-state index in [4.69, 9.17) is 0 Å². The Morgan fingerprint density at radius 1 is 1.23 bits per heavy atom. The molecule has 0 radical (unpaired) electrons. The van der Waals surface area contributed by atoms with Gasteiger partial charge in [0.25, 0.3) is 0 Å². The van der Waals surface area contributed by atoms with Crippen molar-refractivity contribution >= 4 is 22.5 Å². The number of anilines is 1. The molecule has 1 heterocycles. The Bertz CT molecular complexity index is 808. The van der Waals surface area contributed by atoms with Crippen LogP contribution in [0.1, 0.15) is 12.0 Å². The lowest BCUT2D eigenvalue weighted by Crippen LogP contribution is -2.14. The first-order chi connectivity index (χ1) is 10.6.